The fraction of sp³-hybridized carbons (Fsp3) is 0.750. The van der Waals surface area contributed by atoms with Gasteiger partial charge in [-0.05, 0) is 63.8 Å². The number of rotatable bonds is 6. The fourth-order valence-corrected chi connectivity index (χ4v) is 17.1. The molecule has 3 saturated heterocycles. The highest BCUT2D eigenvalue weighted by Crippen LogP contribution is 2.48. The third-order valence-electron chi connectivity index (χ3n) is 8.20. The molecule has 6 heteroatoms. The largest absolute Gasteiger partial charge is 0.380 e. The van der Waals surface area contributed by atoms with E-state index in [9.17, 15) is 0 Å². The molecule has 4 unspecified atom stereocenters. The Morgan fingerprint density at radius 2 is 1.33 bits per heavy atom. The summed E-state index contributed by atoms with van der Waals surface area (Å²) in [7, 11) is -1.56. The van der Waals surface area contributed by atoms with Crippen molar-refractivity contribution in [1.82, 2.24) is 0 Å². The molecule has 0 amide bonds. The lowest BCUT2D eigenvalue weighted by Gasteiger charge is -2.59. The number of hydrogen-bond acceptors (Lipinski definition) is 3. The van der Waals surface area contributed by atoms with Crippen molar-refractivity contribution >= 4 is 33.0 Å². The predicted molar refractivity (Wildman–Crippen MR) is 134 cm³/mol. The van der Waals surface area contributed by atoms with E-state index < -0.39 is 17.6 Å². The van der Waals surface area contributed by atoms with Gasteiger partial charge in [0.1, 0.15) is 8.80 Å². The van der Waals surface area contributed by atoms with Crippen LogP contribution in [0.25, 0.3) is 0 Å². The summed E-state index contributed by atoms with van der Waals surface area (Å²) in [5.74, 6) is 0. The molecule has 0 aliphatic carbocycles. The third-order valence-corrected chi connectivity index (χ3v) is 17.9. The summed E-state index contributed by atoms with van der Waals surface area (Å²) < 4.78 is 20.6. The first-order chi connectivity index (χ1) is 14.5. The second-order valence-electron chi connectivity index (χ2n) is 10.5. The van der Waals surface area contributed by atoms with Crippen molar-refractivity contribution in [3.05, 3.63) is 30.3 Å². The monoisotopic (exact) mass is 462 g/mol. The van der Waals surface area contributed by atoms with E-state index >= 15 is 0 Å². The standard InChI is InChI=1S/C24H42O3Si3/c1-29(2)23(15-7-10-18-26-23)24(16-8-11-19-27-24)30(21-12-4-3-5-13-21)20-22(28)14-6-9-17-25-22/h3-5,12-13,29-30H,6-11,14-20H2,1-2,28H3. The van der Waals surface area contributed by atoms with Crippen molar-refractivity contribution in [2.75, 3.05) is 19.8 Å². The van der Waals surface area contributed by atoms with E-state index in [2.05, 4.69) is 43.4 Å². The van der Waals surface area contributed by atoms with Gasteiger partial charge in [0.05, 0.1) is 19.2 Å². The Bertz CT molecular complexity index is 664. The molecular formula is C24H42O3Si3. The van der Waals surface area contributed by atoms with E-state index in [0.29, 0.717) is 0 Å². The Kier molecular flexibility index (Phi) is 7.42. The number of ether oxygens (including phenoxy) is 3. The number of hydrogen-bond donors (Lipinski definition) is 0. The normalized spacial score (nSPS) is 36.6. The van der Waals surface area contributed by atoms with Crippen LogP contribution in [0.1, 0.15) is 57.8 Å². The zero-order valence-corrected chi connectivity index (χ0v) is 23.8. The summed E-state index contributed by atoms with van der Waals surface area (Å²) in [5, 5.41) is 1.64. The molecule has 0 spiro atoms. The second kappa shape index (κ2) is 9.71. The average molecular weight is 463 g/mol. The van der Waals surface area contributed by atoms with Crippen LogP contribution in [0.3, 0.4) is 0 Å². The first kappa shape index (κ1) is 22.9. The van der Waals surface area contributed by atoms with Crippen LogP contribution in [-0.2, 0) is 14.2 Å². The summed E-state index contributed by atoms with van der Waals surface area (Å²) in [5.41, 5.74) is 0. The minimum absolute atomic E-state index is 0.00895. The molecule has 168 valence electrons. The molecule has 3 aliphatic rings. The van der Waals surface area contributed by atoms with E-state index in [-0.39, 0.29) is 15.7 Å². The van der Waals surface area contributed by atoms with Gasteiger partial charge in [-0.1, -0.05) is 48.6 Å². The lowest BCUT2D eigenvalue weighted by Crippen LogP contribution is -2.75. The zero-order chi connectivity index (χ0) is 21.1. The molecule has 3 heterocycles. The Balaban J connectivity index is 1.81. The Morgan fingerprint density at radius 1 is 0.767 bits per heavy atom. The minimum Gasteiger partial charge on any atom is -0.380 e. The maximum absolute atomic E-state index is 7.10. The van der Waals surface area contributed by atoms with Gasteiger partial charge in [0.15, 0.2) is 0 Å². The van der Waals surface area contributed by atoms with Crippen molar-refractivity contribution in [2.24, 2.45) is 0 Å². The zero-order valence-electron chi connectivity index (χ0n) is 19.5. The lowest BCUT2D eigenvalue weighted by molar-refractivity contribution is -0.164. The van der Waals surface area contributed by atoms with Gasteiger partial charge in [0, 0.05) is 35.3 Å². The van der Waals surface area contributed by atoms with E-state index in [1.165, 1.54) is 63.8 Å². The first-order valence-electron chi connectivity index (χ1n) is 12.5. The van der Waals surface area contributed by atoms with E-state index in [1.807, 2.05) is 0 Å². The Labute approximate surface area is 189 Å². The van der Waals surface area contributed by atoms with Crippen molar-refractivity contribution in [3.8, 4) is 0 Å². The maximum atomic E-state index is 7.10. The summed E-state index contributed by atoms with van der Waals surface area (Å²) in [6.07, 6.45) is 11.2. The molecule has 30 heavy (non-hydrogen) atoms. The van der Waals surface area contributed by atoms with Gasteiger partial charge in [0.2, 0.25) is 0 Å². The van der Waals surface area contributed by atoms with Gasteiger partial charge < -0.3 is 14.2 Å². The van der Waals surface area contributed by atoms with Crippen LogP contribution in [0.15, 0.2) is 30.3 Å². The van der Waals surface area contributed by atoms with Crippen molar-refractivity contribution in [1.29, 1.82) is 0 Å². The Hall–Kier alpha value is -0.249. The molecule has 0 aromatic heterocycles. The van der Waals surface area contributed by atoms with Gasteiger partial charge in [-0.2, -0.15) is 0 Å². The Morgan fingerprint density at radius 3 is 1.83 bits per heavy atom. The van der Waals surface area contributed by atoms with Crippen LogP contribution in [-0.4, -0.2) is 63.3 Å². The van der Waals surface area contributed by atoms with Gasteiger partial charge in [0.25, 0.3) is 0 Å². The molecule has 4 rings (SSSR count). The van der Waals surface area contributed by atoms with Crippen LogP contribution < -0.4 is 5.19 Å². The highest BCUT2D eigenvalue weighted by atomic mass is 28.3. The first-order valence-corrected chi connectivity index (χ1v) is 18.3. The van der Waals surface area contributed by atoms with Gasteiger partial charge in [-0.15, -0.1) is 0 Å². The SMILES string of the molecule is C[SiH](C)C1(C2([SiH](CC3([SiH3])CCCCO3)c3ccccc3)CCCCO2)CCCCO1. The molecule has 4 atom stereocenters. The summed E-state index contributed by atoms with van der Waals surface area (Å²) in [4.78, 5) is 0. The van der Waals surface area contributed by atoms with Gasteiger partial charge in [-0.3, -0.25) is 0 Å². The molecule has 3 nitrogen and oxygen atoms in total. The summed E-state index contributed by atoms with van der Waals surface area (Å²) >= 11 is 0. The van der Waals surface area contributed by atoms with Crippen molar-refractivity contribution in [2.45, 2.75) is 92.6 Å². The van der Waals surface area contributed by atoms with Crippen LogP contribution in [0.5, 0.6) is 0 Å². The quantitative estimate of drug-likeness (QED) is 0.609. The van der Waals surface area contributed by atoms with Crippen molar-refractivity contribution < 1.29 is 14.2 Å². The fourth-order valence-electron chi connectivity index (χ4n) is 6.64. The number of benzene rings is 1. The molecule has 0 bridgehead atoms. The molecule has 0 N–H and O–H groups in total. The maximum Gasteiger partial charge on any atom is 0.114 e. The highest BCUT2D eigenvalue weighted by molar-refractivity contribution is 6.79. The van der Waals surface area contributed by atoms with E-state index in [4.69, 9.17) is 14.2 Å². The third kappa shape index (κ3) is 4.33. The van der Waals surface area contributed by atoms with E-state index in [1.54, 1.807) is 5.19 Å². The smallest absolute Gasteiger partial charge is 0.114 e. The summed E-state index contributed by atoms with van der Waals surface area (Å²) in [6, 6.07) is 12.7. The van der Waals surface area contributed by atoms with Gasteiger partial charge in [-0.25, -0.2) is 0 Å². The van der Waals surface area contributed by atoms with Crippen molar-refractivity contribution in [3.63, 3.8) is 0 Å². The molecule has 0 radical (unpaired) electrons. The molecule has 3 fully saturated rings. The predicted octanol–water partition coefficient (Wildman–Crippen LogP) is 2.83. The minimum atomic E-state index is -1.55. The van der Waals surface area contributed by atoms with Gasteiger partial charge >= 0.3 is 0 Å². The van der Waals surface area contributed by atoms with E-state index in [0.717, 1.165) is 30.1 Å². The van der Waals surface area contributed by atoms with Crippen LogP contribution in [0.2, 0.25) is 19.1 Å². The molecule has 1 aromatic carbocycles. The molecule has 0 saturated carbocycles. The van der Waals surface area contributed by atoms with Crippen LogP contribution >= 0.6 is 0 Å². The molecular weight excluding hydrogens is 421 g/mol. The highest BCUT2D eigenvalue weighted by Gasteiger charge is 2.61. The summed E-state index contributed by atoms with van der Waals surface area (Å²) in [6.45, 7) is 7.84. The second-order valence-corrected chi connectivity index (χ2v) is 18.6. The van der Waals surface area contributed by atoms with Crippen LogP contribution in [0.4, 0.5) is 0 Å². The molecule has 3 aliphatic heterocycles. The average Bonchev–Trinajstić information content (AvgIpc) is 2.79. The van der Waals surface area contributed by atoms with Crippen LogP contribution in [0, 0.1) is 0 Å². The molecule has 1 aromatic rings. The topological polar surface area (TPSA) is 27.7 Å². The lowest BCUT2D eigenvalue weighted by atomic mass is 9.96.